The van der Waals surface area contributed by atoms with E-state index in [0.717, 1.165) is 26.3 Å². The molecule has 1 fully saturated rings. The van der Waals surface area contributed by atoms with Crippen LogP contribution < -0.4 is 5.56 Å². The predicted octanol–water partition coefficient (Wildman–Crippen LogP) is 3.12. The topological polar surface area (TPSA) is 157 Å². The van der Waals surface area contributed by atoms with Gasteiger partial charge in [0.15, 0.2) is 24.5 Å². The van der Waals surface area contributed by atoms with Gasteiger partial charge in [0, 0.05) is 70.2 Å². The maximum atomic E-state index is 14.2. The lowest BCUT2D eigenvalue weighted by molar-refractivity contribution is -0.268. The summed E-state index contributed by atoms with van der Waals surface area (Å²) in [4.78, 5) is 65.9. The first-order chi connectivity index (χ1) is 24.4. The molecule has 2 aliphatic heterocycles. The van der Waals surface area contributed by atoms with Crippen molar-refractivity contribution in [2.24, 2.45) is 0 Å². The molecule has 0 spiro atoms. The lowest BCUT2D eigenvalue weighted by Crippen LogP contribution is -2.61. The van der Waals surface area contributed by atoms with Crippen molar-refractivity contribution in [2.45, 2.75) is 77.8 Å². The molecule has 4 aromatic rings. The number of nitrogens with zero attached hydrogens (tertiary/aromatic N) is 4. The number of ether oxygens (including phenoxy) is 5. The van der Waals surface area contributed by atoms with Crippen molar-refractivity contribution < 1.29 is 47.3 Å². The average Bonchev–Trinajstić information content (AvgIpc) is 3.52. The molecule has 268 valence electrons. The average molecular weight is 705 g/mol. The first-order valence-electron chi connectivity index (χ1n) is 16.4. The van der Waals surface area contributed by atoms with Crippen molar-refractivity contribution in [2.75, 3.05) is 13.2 Å². The minimum absolute atomic E-state index is 0.223. The van der Waals surface area contributed by atoms with Gasteiger partial charge in [0.2, 0.25) is 0 Å². The second-order valence-corrected chi connectivity index (χ2v) is 12.4. The third-order valence-electron chi connectivity index (χ3n) is 8.69. The van der Waals surface area contributed by atoms with E-state index in [9.17, 15) is 28.4 Å². The van der Waals surface area contributed by atoms with Gasteiger partial charge in [-0.05, 0) is 36.2 Å². The number of aromatic nitrogens is 3. The Morgan fingerprint density at radius 2 is 1.51 bits per heavy atom. The Morgan fingerprint density at radius 1 is 0.863 bits per heavy atom. The molecule has 2 aromatic heterocycles. The van der Waals surface area contributed by atoms with Crippen LogP contribution in [0.15, 0.2) is 65.5 Å². The van der Waals surface area contributed by atoms with Crippen molar-refractivity contribution in [3.8, 4) is 11.3 Å². The van der Waals surface area contributed by atoms with Crippen LogP contribution in [-0.2, 0) is 62.4 Å². The van der Waals surface area contributed by atoms with Gasteiger partial charge < -0.3 is 23.7 Å². The molecule has 51 heavy (non-hydrogen) atoms. The molecule has 14 nitrogen and oxygen atoms in total. The number of carbonyl (C=O) groups excluding carboxylic acids is 4. The molecule has 0 radical (unpaired) electrons. The van der Waals surface area contributed by atoms with Crippen molar-refractivity contribution in [3.05, 3.63) is 93.7 Å². The Labute approximate surface area is 291 Å². The highest BCUT2D eigenvalue weighted by Gasteiger charge is 2.53. The van der Waals surface area contributed by atoms with Crippen LogP contribution >= 0.6 is 0 Å². The van der Waals surface area contributed by atoms with E-state index in [1.54, 1.807) is 10.6 Å². The zero-order chi connectivity index (χ0) is 36.4. The zero-order valence-electron chi connectivity index (χ0n) is 28.4. The van der Waals surface area contributed by atoms with Crippen molar-refractivity contribution >= 4 is 29.5 Å². The van der Waals surface area contributed by atoms with E-state index >= 15 is 0 Å². The van der Waals surface area contributed by atoms with Gasteiger partial charge in [-0.25, -0.2) is 4.39 Å². The van der Waals surface area contributed by atoms with Crippen LogP contribution in [0.2, 0.25) is 0 Å². The third kappa shape index (κ3) is 7.68. The van der Waals surface area contributed by atoms with Gasteiger partial charge >= 0.3 is 23.9 Å². The molecule has 2 aromatic carbocycles. The van der Waals surface area contributed by atoms with E-state index in [4.69, 9.17) is 23.7 Å². The zero-order valence-corrected chi connectivity index (χ0v) is 28.4. The normalized spacial score (nSPS) is 21.8. The fourth-order valence-electron chi connectivity index (χ4n) is 6.65. The van der Waals surface area contributed by atoms with Crippen molar-refractivity contribution in [1.82, 2.24) is 19.1 Å². The van der Waals surface area contributed by atoms with E-state index in [1.807, 2.05) is 30.3 Å². The monoisotopic (exact) mass is 704 g/mol. The molecule has 2 aliphatic rings. The van der Waals surface area contributed by atoms with Gasteiger partial charge in [-0.1, -0.05) is 30.3 Å². The second-order valence-electron chi connectivity index (χ2n) is 12.4. The molecule has 0 aliphatic carbocycles. The standard InChI is InChI=1S/C36H37FN4O10/c1-20(42)47-19-30-32(48-21(2)43)33(49-22(3)44)34(50-23(4)45)36(51-30)40-29-18-39(17-24-8-6-5-7-9-24)15-14-27(29)35(46)41-31(40)16-28(38-41)25-10-12-26(37)13-11-25/h5-13,16,30,32-34,36H,14-15,17-19H2,1-4H3/t30-,32+,33+,34-,36?/m1/s1. The van der Waals surface area contributed by atoms with E-state index < -0.39 is 66.9 Å². The Balaban J connectivity index is 1.58. The Hall–Kier alpha value is -5.41. The number of rotatable bonds is 9. The highest BCUT2D eigenvalue weighted by molar-refractivity contribution is 5.69. The fourth-order valence-corrected chi connectivity index (χ4v) is 6.65. The van der Waals surface area contributed by atoms with Crippen LogP contribution in [0.3, 0.4) is 0 Å². The maximum Gasteiger partial charge on any atom is 0.303 e. The van der Waals surface area contributed by atoms with Crippen LogP contribution in [0.25, 0.3) is 16.9 Å². The van der Waals surface area contributed by atoms with Crippen LogP contribution in [-0.4, -0.2) is 80.5 Å². The molecule has 5 atom stereocenters. The van der Waals surface area contributed by atoms with Gasteiger partial charge in [-0.15, -0.1) is 0 Å². The quantitative estimate of drug-likeness (QED) is 0.186. The smallest absolute Gasteiger partial charge is 0.303 e. The molecule has 1 saturated heterocycles. The molecule has 4 heterocycles. The Bertz CT molecular complexity index is 2010. The highest BCUT2D eigenvalue weighted by atomic mass is 19.1. The molecule has 0 N–H and O–H groups in total. The Kier molecular flexibility index (Phi) is 10.3. The summed E-state index contributed by atoms with van der Waals surface area (Å²) < 4.78 is 45.8. The SMILES string of the molecule is CC(=O)OC[C@H]1OC(n2c3c(c(=O)n4nc(-c5ccc(F)cc5)cc24)CCN(Cc2ccccc2)C3)[C@H](OC(C)=O)[C@@H](OC(C)=O)[C@H]1OC(C)=O. The van der Waals surface area contributed by atoms with Gasteiger partial charge in [0.1, 0.15) is 24.2 Å². The summed E-state index contributed by atoms with van der Waals surface area (Å²) in [6.07, 6.45) is -6.48. The summed E-state index contributed by atoms with van der Waals surface area (Å²) in [5, 5.41) is 4.61. The summed E-state index contributed by atoms with van der Waals surface area (Å²) in [5.74, 6) is -3.39. The molecule has 15 heteroatoms. The molecule has 0 saturated carbocycles. The third-order valence-corrected chi connectivity index (χ3v) is 8.69. The Morgan fingerprint density at radius 3 is 2.16 bits per heavy atom. The maximum absolute atomic E-state index is 14.2. The first-order valence-corrected chi connectivity index (χ1v) is 16.4. The van der Waals surface area contributed by atoms with Crippen LogP contribution in [0.5, 0.6) is 0 Å². The number of carbonyl (C=O) groups is 4. The summed E-state index contributed by atoms with van der Waals surface area (Å²) >= 11 is 0. The lowest BCUT2D eigenvalue weighted by atomic mass is 9.96. The number of hydrogen-bond donors (Lipinski definition) is 0. The lowest BCUT2D eigenvalue weighted by Gasteiger charge is -2.46. The van der Waals surface area contributed by atoms with Gasteiger partial charge in [0.25, 0.3) is 5.56 Å². The van der Waals surface area contributed by atoms with Crippen molar-refractivity contribution in [1.29, 1.82) is 0 Å². The highest BCUT2D eigenvalue weighted by Crippen LogP contribution is 2.38. The first kappa shape index (κ1) is 35.4. The van der Waals surface area contributed by atoms with Gasteiger partial charge in [-0.3, -0.25) is 33.4 Å². The summed E-state index contributed by atoms with van der Waals surface area (Å²) in [6.45, 7) is 5.56. The number of hydrogen-bond acceptors (Lipinski definition) is 12. The number of benzene rings is 2. The predicted molar refractivity (Wildman–Crippen MR) is 176 cm³/mol. The van der Waals surface area contributed by atoms with E-state index in [-0.39, 0.29) is 17.8 Å². The molecular formula is C36H37FN4O10. The summed E-state index contributed by atoms with van der Waals surface area (Å²) in [7, 11) is 0. The molecule has 0 bridgehead atoms. The second kappa shape index (κ2) is 14.8. The minimum atomic E-state index is -1.44. The van der Waals surface area contributed by atoms with Crippen LogP contribution in [0, 0.1) is 5.82 Å². The van der Waals surface area contributed by atoms with Gasteiger partial charge in [0.05, 0.1) is 5.69 Å². The number of esters is 4. The van der Waals surface area contributed by atoms with E-state index in [1.165, 1.54) is 35.7 Å². The van der Waals surface area contributed by atoms with Crippen molar-refractivity contribution in [3.63, 3.8) is 0 Å². The molecule has 6 rings (SSSR count). The number of fused-ring (bicyclic) bond motifs is 2. The fraction of sp³-hybridized carbons (Fsp3) is 0.389. The summed E-state index contributed by atoms with van der Waals surface area (Å²) in [6, 6.07) is 17.0. The minimum Gasteiger partial charge on any atom is -0.463 e. The van der Waals surface area contributed by atoms with E-state index in [2.05, 4.69) is 10.00 Å². The number of halogens is 1. The van der Waals surface area contributed by atoms with Crippen LogP contribution in [0.4, 0.5) is 4.39 Å². The van der Waals surface area contributed by atoms with Gasteiger partial charge in [-0.2, -0.15) is 9.61 Å². The molecular weight excluding hydrogens is 667 g/mol. The molecule has 1 unspecified atom stereocenters. The molecule has 0 amide bonds. The largest absolute Gasteiger partial charge is 0.463 e. The van der Waals surface area contributed by atoms with E-state index in [0.29, 0.717) is 42.0 Å². The summed E-state index contributed by atoms with van der Waals surface area (Å²) in [5.41, 5.74) is 2.70. The van der Waals surface area contributed by atoms with Crippen LogP contribution in [0.1, 0.15) is 50.7 Å².